The van der Waals surface area contributed by atoms with Gasteiger partial charge in [-0.2, -0.15) is 0 Å². The third kappa shape index (κ3) is 2.19. The highest BCUT2D eigenvalue weighted by molar-refractivity contribution is 8.05. The zero-order valence-corrected chi connectivity index (χ0v) is 10.4. The fourth-order valence-corrected chi connectivity index (χ4v) is 5.90. The molecular weight excluding hydrogens is 219 g/mol. The summed E-state index contributed by atoms with van der Waals surface area (Å²) in [7, 11) is -2.78. The van der Waals surface area contributed by atoms with Gasteiger partial charge >= 0.3 is 7.60 Å². The van der Waals surface area contributed by atoms with Crippen LogP contribution in [0.4, 0.5) is 0 Å². The molecule has 0 saturated carbocycles. The van der Waals surface area contributed by atoms with Gasteiger partial charge in [0, 0.05) is 5.41 Å². The van der Waals surface area contributed by atoms with Crippen LogP contribution in [0.1, 0.15) is 26.7 Å². The predicted octanol–water partition coefficient (Wildman–Crippen LogP) is 3.11. The quantitative estimate of drug-likeness (QED) is 0.655. The van der Waals surface area contributed by atoms with Gasteiger partial charge in [-0.05, 0) is 18.6 Å². The van der Waals surface area contributed by atoms with E-state index in [0.717, 1.165) is 18.6 Å². The van der Waals surface area contributed by atoms with Gasteiger partial charge in [-0.25, -0.2) is 0 Å². The van der Waals surface area contributed by atoms with Crippen LogP contribution in [0.2, 0.25) is 0 Å². The van der Waals surface area contributed by atoms with Crippen LogP contribution in [-0.4, -0.2) is 24.0 Å². The summed E-state index contributed by atoms with van der Waals surface area (Å²) in [4.78, 5) is 0.0959. The second kappa shape index (κ2) is 3.82. The van der Waals surface area contributed by atoms with Crippen molar-refractivity contribution in [3.63, 3.8) is 0 Å². The van der Waals surface area contributed by atoms with Gasteiger partial charge in [0.25, 0.3) is 0 Å². The van der Waals surface area contributed by atoms with Crippen molar-refractivity contribution in [1.82, 2.24) is 0 Å². The molecule has 2 aliphatic heterocycles. The lowest BCUT2D eigenvalue weighted by Gasteiger charge is -2.36. The molecule has 0 bridgehead atoms. The Hall–Kier alpha value is 0.500. The van der Waals surface area contributed by atoms with Gasteiger partial charge in [-0.3, -0.25) is 4.57 Å². The lowest BCUT2D eigenvalue weighted by atomic mass is 9.97. The molecule has 0 aliphatic carbocycles. The summed E-state index contributed by atoms with van der Waals surface area (Å²) < 4.78 is 23.2. The van der Waals surface area contributed by atoms with Crippen molar-refractivity contribution < 1.29 is 13.6 Å². The number of rotatable bonds is 1. The maximum Gasteiger partial charge on any atom is 0.343 e. The standard InChI is InChI=1S/C9H17O3PS/c1-9(2)6-11-13(10,12-7-9)8-4-3-5-14-8/h8H,3-7H2,1-2H3. The Morgan fingerprint density at radius 1 is 1.36 bits per heavy atom. The Balaban J connectivity index is 2.01. The van der Waals surface area contributed by atoms with Crippen LogP contribution in [-0.2, 0) is 13.6 Å². The van der Waals surface area contributed by atoms with E-state index < -0.39 is 7.60 Å². The summed E-state index contributed by atoms with van der Waals surface area (Å²) in [5.74, 6) is 1.09. The van der Waals surface area contributed by atoms with Gasteiger partial charge in [-0.1, -0.05) is 13.8 Å². The van der Waals surface area contributed by atoms with E-state index in [4.69, 9.17) is 9.05 Å². The number of hydrogen-bond acceptors (Lipinski definition) is 4. The molecule has 2 rings (SSSR count). The molecule has 0 spiro atoms. The third-order valence-corrected chi connectivity index (χ3v) is 6.84. The third-order valence-electron chi connectivity index (χ3n) is 2.53. The summed E-state index contributed by atoms with van der Waals surface area (Å²) in [6.07, 6.45) is 2.11. The smallest absolute Gasteiger partial charge is 0.307 e. The van der Waals surface area contributed by atoms with Crippen molar-refractivity contribution in [2.45, 2.75) is 31.7 Å². The van der Waals surface area contributed by atoms with Crippen molar-refractivity contribution in [3.05, 3.63) is 0 Å². The molecule has 0 aromatic rings. The van der Waals surface area contributed by atoms with Crippen LogP contribution < -0.4 is 0 Å². The molecule has 0 amide bonds. The van der Waals surface area contributed by atoms with Crippen molar-refractivity contribution >= 4 is 19.4 Å². The summed E-state index contributed by atoms with van der Waals surface area (Å²) in [6, 6.07) is 0. The molecule has 5 heteroatoms. The van der Waals surface area contributed by atoms with E-state index in [1.54, 1.807) is 11.8 Å². The molecule has 3 nitrogen and oxygen atoms in total. The van der Waals surface area contributed by atoms with Gasteiger partial charge < -0.3 is 9.05 Å². The number of hydrogen-bond donors (Lipinski definition) is 0. The van der Waals surface area contributed by atoms with E-state index >= 15 is 0 Å². The lowest BCUT2D eigenvalue weighted by Crippen LogP contribution is -2.31. The van der Waals surface area contributed by atoms with E-state index in [0.29, 0.717) is 13.2 Å². The zero-order valence-electron chi connectivity index (χ0n) is 8.69. The average Bonchev–Trinajstić information content (AvgIpc) is 2.64. The molecule has 1 atom stereocenters. The van der Waals surface area contributed by atoms with E-state index in [2.05, 4.69) is 13.8 Å². The first kappa shape index (κ1) is 11.0. The molecular formula is C9H17O3PS. The molecule has 0 radical (unpaired) electrons. The van der Waals surface area contributed by atoms with E-state index in [1.807, 2.05) is 0 Å². The highest BCUT2D eigenvalue weighted by atomic mass is 32.2. The van der Waals surface area contributed by atoms with Crippen molar-refractivity contribution in [2.75, 3.05) is 19.0 Å². The Morgan fingerprint density at radius 3 is 2.50 bits per heavy atom. The second-order valence-corrected chi connectivity index (χ2v) is 8.60. The lowest BCUT2D eigenvalue weighted by molar-refractivity contribution is 0.0405. The minimum atomic E-state index is -2.78. The van der Waals surface area contributed by atoms with Gasteiger partial charge in [0.05, 0.1) is 13.2 Å². The topological polar surface area (TPSA) is 35.5 Å². The highest BCUT2D eigenvalue weighted by Gasteiger charge is 2.44. The van der Waals surface area contributed by atoms with E-state index in [-0.39, 0.29) is 10.4 Å². The Kier molecular flexibility index (Phi) is 3.00. The summed E-state index contributed by atoms with van der Waals surface area (Å²) in [5, 5.41) is 0. The first-order valence-electron chi connectivity index (χ1n) is 5.02. The monoisotopic (exact) mass is 236 g/mol. The largest absolute Gasteiger partial charge is 0.343 e. The summed E-state index contributed by atoms with van der Waals surface area (Å²) in [6.45, 7) is 5.25. The Morgan fingerprint density at radius 2 is 2.00 bits per heavy atom. The van der Waals surface area contributed by atoms with Gasteiger partial charge in [0.1, 0.15) is 4.99 Å². The molecule has 14 heavy (non-hydrogen) atoms. The maximum absolute atomic E-state index is 12.3. The summed E-state index contributed by atoms with van der Waals surface area (Å²) in [5.41, 5.74) is 0.0111. The molecule has 82 valence electrons. The zero-order chi connectivity index (χ0) is 10.2. The van der Waals surface area contributed by atoms with Crippen LogP contribution in [0, 0.1) is 5.41 Å². The number of thioether (sulfide) groups is 1. The van der Waals surface area contributed by atoms with Gasteiger partial charge in [0.15, 0.2) is 0 Å². The van der Waals surface area contributed by atoms with Crippen molar-refractivity contribution in [1.29, 1.82) is 0 Å². The fourth-order valence-electron chi connectivity index (χ4n) is 1.58. The normalized spacial score (nSPS) is 35.7. The van der Waals surface area contributed by atoms with Crippen molar-refractivity contribution in [3.8, 4) is 0 Å². The second-order valence-electron chi connectivity index (χ2n) is 4.72. The van der Waals surface area contributed by atoms with Crippen molar-refractivity contribution in [2.24, 2.45) is 5.41 Å². The first-order valence-corrected chi connectivity index (χ1v) is 7.68. The van der Waals surface area contributed by atoms with E-state index in [9.17, 15) is 4.57 Å². The molecule has 2 fully saturated rings. The molecule has 2 heterocycles. The van der Waals surface area contributed by atoms with Crippen LogP contribution in [0.5, 0.6) is 0 Å². The van der Waals surface area contributed by atoms with Crippen LogP contribution in [0.3, 0.4) is 0 Å². The van der Waals surface area contributed by atoms with E-state index in [1.165, 1.54) is 0 Å². The van der Waals surface area contributed by atoms with Crippen LogP contribution in [0.25, 0.3) is 0 Å². The Bertz CT molecular complexity index is 247. The van der Waals surface area contributed by atoms with Gasteiger partial charge in [0.2, 0.25) is 0 Å². The highest BCUT2D eigenvalue weighted by Crippen LogP contribution is 2.63. The van der Waals surface area contributed by atoms with Crippen LogP contribution in [0.15, 0.2) is 0 Å². The molecule has 0 aromatic heterocycles. The van der Waals surface area contributed by atoms with Crippen LogP contribution >= 0.6 is 19.4 Å². The predicted molar refractivity (Wildman–Crippen MR) is 58.8 cm³/mol. The molecule has 2 saturated heterocycles. The summed E-state index contributed by atoms with van der Waals surface area (Å²) >= 11 is 1.73. The first-order chi connectivity index (χ1) is 6.52. The van der Waals surface area contributed by atoms with Gasteiger partial charge in [-0.15, -0.1) is 11.8 Å². The molecule has 1 unspecified atom stereocenters. The average molecular weight is 236 g/mol. The minimum absolute atomic E-state index is 0.0111. The molecule has 0 N–H and O–H groups in total. The fraction of sp³-hybridized carbons (Fsp3) is 1.00. The SMILES string of the molecule is CC1(C)COP(=O)(C2CCCS2)OC1. The minimum Gasteiger partial charge on any atom is -0.307 e. The Labute approximate surface area is 89.5 Å². The maximum atomic E-state index is 12.3. The molecule has 2 aliphatic rings. The molecule has 0 aromatic carbocycles.